The predicted molar refractivity (Wildman–Crippen MR) is 118 cm³/mol. The van der Waals surface area contributed by atoms with Crippen molar-refractivity contribution in [2.75, 3.05) is 0 Å². The van der Waals surface area contributed by atoms with Crippen LogP contribution in [0.25, 0.3) is 0 Å². The Balaban J connectivity index is 1.66. The zero-order chi connectivity index (χ0) is 21.2. The van der Waals surface area contributed by atoms with Crippen molar-refractivity contribution in [3.8, 4) is 0 Å². The average Bonchev–Trinajstić information content (AvgIpc) is 2.95. The second-order valence-electron chi connectivity index (χ2n) is 11.2. The van der Waals surface area contributed by atoms with Gasteiger partial charge in [-0.15, -0.1) is 0 Å². The van der Waals surface area contributed by atoms with Gasteiger partial charge in [0, 0.05) is 12.8 Å². The molecule has 3 fully saturated rings. The molecule has 0 aliphatic heterocycles. The fraction of sp³-hybridized carbons (Fsp3) is 0.846. The lowest BCUT2D eigenvalue weighted by Crippen LogP contribution is -2.36. The van der Waals surface area contributed by atoms with Gasteiger partial charge < -0.3 is 10.2 Å². The molecule has 2 unspecified atom stereocenters. The van der Waals surface area contributed by atoms with E-state index in [0.717, 1.165) is 24.3 Å². The summed E-state index contributed by atoms with van der Waals surface area (Å²) in [6.45, 7) is 8.76. The second kappa shape index (κ2) is 9.22. The number of alkyl halides is 1. The van der Waals surface area contributed by atoms with Gasteiger partial charge in [0.15, 0.2) is 0 Å². The lowest BCUT2D eigenvalue weighted by Gasteiger charge is -2.44. The Bertz CT molecular complexity index is 605. The molecule has 0 radical (unpaired) electrons. The first-order valence-electron chi connectivity index (χ1n) is 12.0. The van der Waals surface area contributed by atoms with Gasteiger partial charge in [0.2, 0.25) is 0 Å². The van der Waals surface area contributed by atoms with Crippen molar-refractivity contribution < 1.29 is 14.6 Å². The summed E-state index contributed by atoms with van der Waals surface area (Å²) in [6.07, 6.45) is 14.0. The second-order valence-corrected chi connectivity index (χ2v) is 11.2. The number of hydrogen-bond acceptors (Lipinski definition) is 2. The van der Waals surface area contributed by atoms with E-state index >= 15 is 0 Å². The van der Waals surface area contributed by atoms with Crippen LogP contribution in [0.4, 0.5) is 4.39 Å². The van der Waals surface area contributed by atoms with Gasteiger partial charge in [0.05, 0.1) is 11.7 Å². The van der Waals surface area contributed by atoms with Gasteiger partial charge in [-0.3, -0.25) is 0 Å². The smallest absolute Gasteiger partial charge is 0.106 e. The molecular weight excluding hydrogens is 363 g/mol. The molecule has 166 valence electrons. The van der Waals surface area contributed by atoms with Crippen molar-refractivity contribution in [1.82, 2.24) is 0 Å². The molecule has 0 spiro atoms. The van der Waals surface area contributed by atoms with Crippen LogP contribution in [0.1, 0.15) is 98.3 Å². The maximum atomic E-state index is 13.8. The number of aliphatic hydroxyl groups is 2. The highest BCUT2D eigenvalue weighted by molar-refractivity contribution is 5.26. The zero-order valence-corrected chi connectivity index (χ0v) is 19.1. The van der Waals surface area contributed by atoms with Crippen molar-refractivity contribution in [2.45, 2.75) is 116 Å². The highest BCUT2D eigenvalue weighted by atomic mass is 19.1. The van der Waals surface area contributed by atoms with Crippen LogP contribution >= 0.6 is 0 Å². The Kier molecular flexibility index (Phi) is 7.31. The monoisotopic (exact) mass is 406 g/mol. The summed E-state index contributed by atoms with van der Waals surface area (Å²) in [4.78, 5) is 0. The molecule has 3 heteroatoms. The molecule has 2 N–H and O–H groups in total. The Labute approximate surface area is 177 Å². The molecule has 6 atom stereocenters. The van der Waals surface area contributed by atoms with E-state index in [1.165, 1.54) is 38.5 Å². The minimum absolute atomic E-state index is 0.293. The Hall–Kier alpha value is -0.670. The van der Waals surface area contributed by atoms with E-state index in [9.17, 15) is 14.6 Å². The van der Waals surface area contributed by atoms with E-state index in [1.807, 2.05) is 13.8 Å². The quantitative estimate of drug-likeness (QED) is 0.527. The van der Waals surface area contributed by atoms with Crippen LogP contribution < -0.4 is 0 Å². The molecule has 0 aromatic carbocycles. The average molecular weight is 407 g/mol. The number of rotatable bonds is 6. The minimum atomic E-state index is -0.888. The van der Waals surface area contributed by atoms with Gasteiger partial charge in [-0.25, -0.2) is 4.39 Å². The summed E-state index contributed by atoms with van der Waals surface area (Å²) in [7, 11) is 0. The predicted octanol–water partition coefficient (Wildman–Crippen LogP) is 6.52. The van der Waals surface area contributed by atoms with Gasteiger partial charge in [0.1, 0.15) is 6.17 Å². The molecule has 2 nitrogen and oxygen atoms in total. The van der Waals surface area contributed by atoms with Gasteiger partial charge in [-0.1, -0.05) is 50.0 Å². The van der Waals surface area contributed by atoms with E-state index in [1.54, 1.807) is 5.57 Å². The summed E-state index contributed by atoms with van der Waals surface area (Å²) < 4.78 is 13.8. The summed E-state index contributed by atoms with van der Waals surface area (Å²) >= 11 is 0. The fourth-order valence-electron chi connectivity index (χ4n) is 6.77. The highest BCUT2D eigenvalue weighted by Gasteiger charge is 2.50. The standard InChI is InChI=1S/C26H43FO2/c1-18(7-5-13-25(2,3)29)23-11-12-24-20(8-6-14-26(23,24)4)10-9-19-15-21(27)17-22(28)16-19/h9-10,18,21-24,28-29H,5-8,11-17H2,1-4H3/b19-9+,20-10+/t18-,21?,22?,23-,24+,26-/m1/s1. The molecule has 0 aromatic rings. The number of hydrogen-bond donors (Lipinski definition) is 2. The summed E-state index contributed by atoms with van der Waals surface area (Å²) in [5.74, 6) is 2.12. The highest BCUT2D eigenvalue weighted by Crippen LogP contribution is 2.59. The molecule has 0 heterocycles. The van der Waals surface area contributed by atoms with E-state index < -0.39 is 17.9 Å². The first-order chi connectivity index (χ1) is 13.6. The maximum Gasteiger partial charge on any atom is 0.106 e. The third kappa shape index (κ3) is 5.73. The minimum Gasteiger partial charge on any atom is -0.393 e. The molecule has 3 rings (SSSR count). The van der Waals surface area contributed by atoms with Gasteiger partial charge in [-0.2, -0.15) is 0 Å². The van der Waals surface area contributed by atoms with E-state index in [0.29, 0.717) is 36.5 Å². The van der Waals surface area contributed by atoms with Crippen molar-refractivity contribution in [2.24, 2.45) is 23.2 Å². The van der Waals surface area contributed by atoms with Gasteiger partial charge >= 0.3 is 0 Å². The maximum absolute atomic E-state index is 13.8. The molecule has 3 aliphatic rings. The van der Waals surface area contributed by atoms with Crippen molar-refractivity contribution in [3.05, 3.63) is 23.3 Å². The van der Waals surface area contributed by atoms with Crippen molar-refractivity contribution in [3.63, 3.8) is 0 Å². The van der Waals surface area contributed by atoms with E-state index in [2.05, 4.69) is 26.0 Å². The summed E-state index contributed by atoms with van der Waals surface area (Å²) in [6, 6.07) is 0. The van der Waals surface area contributed by atoms with Crippen molar-refractivity contribution in [1.29, 1.82) is 0 Å². The van der Waals surface area contributed by atoms with Crippen LogP contribution in [-0.2, 0) is 0 Å². The van der Waals surface area contributed by atoms with Crippen LogP contribution in [0, 0.1) is 23.2 Å². The Morgan fingerprint density at radius 2 is 2.00 bits per heavy atom. The van der Waals surface area contributed by atoms with Crippen LogP contribution in [0.5, 0.6) is 0 Å². The molecule has 0 saturated heterocycles. The number of aliphatic hydroxyl groups excluding tert-OH is 1. The number of allylic oxidation sites excluding steroid dienone is 3. The number of fused-ring (bicyclic) bond motifs is 1. The Morgan fingerprint density at radius 3 is 2.69 bits per heavy atom. The van der Waals surface area contributed by atoms with Crippen LogP contribution in [-0.4, -0.2) is 28.1 Å². The molecule has 3 saturated carbocycles. The molecule has 29 heavy (non-hydrogen) atoms. The number of halogens is 1. The van der Waals surface area contributed by atoms with Crippen molar-refractivity contribution >= 4 is 0 Å². The largest absolute Gasteiger partial charge is 0.393 e. The van der Waals surface area contributed by atoms with Gasteiger partial charge in [0.25, 0.3) is 0 Å². The lowest BCUT2D eigenvalue weighted by molar-refractivity contribution is 0.0596. The van der Waals surface area contributed by atoms with Crippen LogP contribution in [0.3, 0.4) is 0 Å². The van der Waals surface area contributed by atoms with Crippen LogP contribution in [0.2, 0.25) is 0 Å². The molecule has 0 amide bonds. The third-order valence-electron chi connectivity index (χ3n) is 8.22. The molecule has 0 aromatic heterocycles. The zero-order valence-electron chi connectivity index (χ0n) is 19.1. The third-order valence-corrected chi connectivity index (χ3v) is 8.22. The Morgan fingerprint density at radius 1 is 1.24 bits per heavy atom. The van der Waals surface area contributed by atoms with Gasteiger partial charge in [-0.05, 0) is 82.0 Å². The molecular formula is C26H43FO2. The molecule has 0 bridgehead atoms. The van der Waals surface area contributed by atoms with Crippen LogP contribution in [0.15, 0.2) is 23.3 Å². The summed E-state index contributed by atoms with van der Waals surface area (Å²) in [5.41, 5.74) is 2.46. The molecule has 3 aliphatic carbocycles. The van der Waals surface area contributed by atoms with E-state index in [4.69, 9.17) is 0 Å². The fourth-order valence-corrected chi connectivity index (χ4v) is 6.77. The normalized spacial score (nSPS) is 39.7. The first kappa shape index (κ1) is 23.0. The first-order valence-corrected chi connectivity index (χ1v) is 12.0. The lowest BCUT2D eigenvalue weighted by atomic mass is 9.60. The topological polar surface area (TPSA) is 40.5 Å². The SMILES string of the molecule is C[C@H](CCCC(C)(C)O)[C@H]1CC[C@H]2/C(=C/C=C3/CC(O)CC(F)C3)CCC[C@]12C. The van der Waals surface area contributed by atoms with E-state index in [-0.39, 0.29) is 0 Å². The summed E-state index contributed by atoms with van der Waals surface area (Å²) in [5, 5.41) is 19.9.